The van der Waals surface area contributed by atoms with Gasteiger partial charge in [-0.3, -0.25) is 14.7 Å². The summed E-state index contributed by atoms with van der Waals surface area (Å²) in [4.78, 5) is 23.3. The van der Waals surface area contributed by atoms with Crippen molar-refractivity contribution in [3.05, 3.63) is 64.3 Å². The Kier molecular flexibility index (Phi) is 5.92. The van der Waals surface area contributed by atoms with E-state index in [2.05, 4.69) is 15.5 Å². The SMILES string of the molecule is CC(=O)NS(=O)(=O)c1ccc(NC(=O)c2cc(-c3ccc(Cl)cc3Cl)n[nH]2)cc1. The highest BCUT2D eigenvalue weighted by atomic mass is 35.5. The van der Waals surface area contributed by atoms with Crippen LogP contribution in [-0.2, 0) is 14.8 Å². The number of rotatable bonds is 5. The van der Waals surface area contributed by atoms with Gasteiger partial charge in [-0.25, -0.2) is 13.1 Å². The number of nitrogens with zero attached hydrogens (tertiary/aromatic N) is 1. The average molecular weight is 453 g/mol. The van der Waals surface area contributed by atoms with Gasteiger partial charge in [-0.1, -0.05) is 23.2 Å². The van der Waals surface area contributed by atoms with E-state index in [1.165, 1.54) is 30.3 Å². The number of anilines is 1. The van der Waals surface area contributed by atoms with Crippen LogP contribution in [-0.4, -0.2) is 30.4 Å². The van der Waals surface area contributed by atoms with E-state index in [1.807, 2.05) is 4.72 Å². The lowest BCUT2D eigenvalue weighted by molar-refractivity contribution is -0.117. The number of hydrogen-bond donors (Lipinski definition) is 3. The number of H-pyrrole nitrogens is 1. The Balaban J connectivity index is 1.74. The van der Waals surface area contributed by atoms with E-state index >= 15 is 0 Å². The van der Waals surface area contributed by atoms with Crippen LogP contribution in [0.25, 0.3) is 11.3 Å². The van der Waals surface area contributed by atoms with Crippen molar-refractivity contribution in [3.63, 3.8) is 0 Å². The number of nitrogens with one attached hydrogen (secondary N) is 3. The lowest BCUT2D eigenvalue weighted by Crippen LogP contribution is -2.28. The first-order valence-corrected chi connectivity index (χ1v) is 10.4. The number of carbonyl (C=O) groups is 2. The van der Waals surface area contributed by atoms with E-state index in [0.717, 1.165) is 6.92 Å². The summed E-state index contributed by atoms with van der Waals surface area (Å²) in [6.45, 7) is 1.10. The topological polar surface area (TPSA) is 121 Å². The van der Waals surface area contributed by atoms with Crippen LogP contribution in [0.4, 0.5) is 5.69 Å². The number of hydrogen-bond acceptors (Lipinski definition) is 5. The summed E-state index contributed by atoms with van der Waals surface area (Å²) in [5, 5.41) is 10.2. The summed E-state index contributed by atoms with van der Waals surface area (Å²) in [5.74, 6) is -1.18. The fourth-order valence-electron chi connectivity index (χ4n) is 2.44. The molecule has 2 aromatic carbocycles. The molecular weight excluding hydrogens is 439 g/mol. The van der Waals surface area contributed by atoms with Gasteiger partial charge in [-0.05, 0) is 48.5 Å². The second-order valence-corrected chi connectivity index (χ2v) is 8.46. The van der Waals surface area contributed by atoms with Gasteiger partial charge in [0.25, 0.3) is 15.9 Å². The Morgan fingerprint density at radius 1 is 1.03 bits per heavy atom. The summed E-state index contributed by atoms with van der Waals surface area (Å²) in [5.41, 5.74) is 1.62. The molecule has 0 saturated carbocycles. The number of benzene rings is 2. The molecule has 29 heavy (non-hydrogen) atoms. The monoisotopic (exact) mass is 452 g/mol. The van der Waals surface area contributed by atoms with Crippen LogP contribution in [0.2, 0.25) is 10.0 Å². The third kappa shape index (κ3) is 4.94. The molecule has 0 spiro atoms. The van der Waals surface area contributed by atoms with Crippen molar-refractivity contribution >= 4 is 50.7 Å². The minimum atomic E-state index is -3.94. The maximum absolute atomic E-state index is 12.4. The third-order valence-electron chi connectivity index (χ3n) is 3.73. The van der Waals surface area contributed by atoms with E-state index in [4.69, 9.17) is 23.2 Å². The first kappa shape index (κ1) is 20.8. The van der Waals surface area contributed by atoms with E-state index < -0.39 is 21.8 Å². The molecule has 150 valence electrons. The highest BCUT2D eigenvalue weighted by molar-refractivity contribution is 7.90. The Bertz CT molecular complexity index is 1190. The molecule has 0 aliphatic rings. The molecule has 0 aliphatic heterocycles. The molecule has 0 atom stereocenters. The zero-order valence-corrected chi connectivity index (χ0v) is 17.2. The molecule has 8 nitrogen and oxygen atoms in total. The lowest BCUT2D eigenvalue weighted by Gasteiger charge is -2.07. The molecule has 2 amide bonds. The van der Waals surface area contributed by atoms with Crippen LogP contribution in [0.1, 0.15) is 17.4 Å². The van der Waals surface area contributed by atoms with Gasteiger partial charge in [0.05, 0.1) is 15.6 Å². The van der Waals surface area contributed by atoms with Crippen LogP contribution in [0.5, 0.6) is 0 Å². The maximum Gasteiger partial charge on any atom is 0.273 e. The van der Waals surface area contributed by atoms with Crippen LogP contribution in [0.15, 0.2) is 53.4 Å². The Morgan fingerprint density at radius 2 is 1.72 bits per heavy atom. The molecule has 0 bridgehead atoms. The van der Waals surface area contributed by atoms with Crippen LogP contribution >= 0.6 is 23.2 Å². The number of halogens is 2. The minimum Gasteiger partial charge on any atom is -0.321 e. The fraction of sp³-hybridized carbons (Fsp3) is 0.0556. The molecule has 1 aromatic heterocycles. The van der Waals surface area contributed by atoms with Crippen molar-refractivity contribution in [2.45, 2.75) is 11.8 Å². The van der Waals surface area contributed by atoms with Gasteiger partial charge < -0.3 is 5.32 Å². The number of aromatic amines is 1. The molecule has 3 rings (SSSR count). The summed E-state index contributed by atoms with van der Waals surface area (Å²) >= 11 is 12.0. The summed E-state index contributed by atoms with van der Waals surface area (Å²) in [7, 11) is -3.94. The first-order valence-electron chi connectivity index (χ1n) is 8.11. The van der Waals surface area contributed by atoms with Gasteiger partial charge >= 0.3 is 0 Å². The zero-order chi connectivity index (χ0) is 21.2. The van der Waals surface area contributed by atoms with Crippen molar-refractivity contribution in [1.82, 2.24) is 14.9 Å². The summed E-state index contributed by atoms with van der Waals surface area (Å²) < 4.78 is 25.7. The molecule has 3 aromatic rings. The van der Waals surface area contributed by atoms with Crippen molar-refractivity contribution in [2.24, 2.45) is 0 Å². The van der Waals surface area contributed by atoms with Crippen molar-refractivity contribution in [2.75, 3.05) is 5.32 Å². The standard InChI is InChI=1S/C18H14Cl2N4O4S/c1-10(25)24-29(27,28)13-5-3-12(4-6-13)21-18(26)17-9-16(22-23-17)14-7-2-11(19)8-15(14)20/h2-9H,1H3,(H,21,26)(H,22,23)(H,24,25). The smallest absolute Gasteiger partial charge is 0.273 e. The largest absolute Gasteiger partial charge is 0.321 e. The Labute approximate surface area is 176 Å². The van der Waals surface area contributed by atoms with E-state index in [1.54, 1.807) is 18.2 Å². The second kappa shape index (κ2) is 8.24. The highest BCUT2D eigenvalue weighted by Crippen LogP contribution is 2.29. The molecular formula is C18H14Cl2N4O4S. The molecule has 1 heterocycles. The quantitative estimate of drug-likeness (QED) is 0.547. The first-order chi connectivity index (χ1) is 13.7. The molecule has 11 heteroatoms. The molecule has 0 aliphatic carbocycles. The average Bonchev–Trinajstić information content (AvgIpc) is 3.11. The normalized spacial score (nSPS) is 11.1. The van der Waals surface area contributed by atoms with Gasteiger partial charge in [0.15, 0.2) is 0 Å². The zero-order valence-electron chi connectivity index (χ0n) is 14.9. The lowest BCUT2D eigenvalue weighted by atomic mass is 10.1. The van der Waals surface area contributed by atoms with Gasteiger partial charge in [0.1, 0.15) is 5.69 Å². The highest BCUT2D eigenvalue weighted by Gasteiger charge is 2.16. The van der Waals surface area contributed by atoms with Gasteiger partial charge in [-0.2, -0.15) is 5.10 Å². The Hall–Kier alpha value is -2.88. The van der Waals surface area contributed by atoms with Crippen molar-refractivity contribution < 1.29 is 18.0 Å². The molecule has 0 unspecified atom stereocenters. The molecule has 3 N–H and O–H groups in total. The van der Waals surface area contributed by atoms with E-state index in [-0.39, 0.29) is 10.6 Å². The van der Waals surface area contributed by atoms with Crippen LogP contribution < -0.4 is 10.0 Å². The number of sulfonamides is 1. The Morgan fingerprint density at radius 3 is 2.34 bits per heavy atom. The van der Waals surface area contributed by atoms with Crippen molar-refractivity contribution in [1.29, 1.82) is 0 Å². The number of aromatic nitrogens is 2. The van der Waals surface area contributed by atoms with E-state index in [9.17, 15) is 18.0 Å². The van der Waals surface area contributed by atoms with Crippen LogP contribution in [0.3, 0.4) is 0 Å². The fourth-order valence-corrected chi connectivity index (χ4v) is 3.93. The predicted molar refractivity (Wildman–Crippen MR) is 109 cm³/mol. The van der Waals surface area contributed by atoms with E-state index in [0.29, 0.717) is 27.0 Å². The van der Waals surface area contributed by atoms with Crippen LogP contribution in [0, 0.1) is 0 Å². The number of carbonyl (C=O) groups excluding carboxylic acids is 2. The van der Waals surface area contributed by atoms with Gasteiger partial charge in [0, 0.05) is 23.2 Å². The number of amides is 2. The molecule has 0 radical (unpaired) electrons. The van der Waals surface area contributed by atoms with Gasteiger partial charge in [-0.15, -0.1) is 0 Å². The molecule has 0 saturated heterocycles. The minimum absolute atomic E-state index is 0.105. The van der Waals surface area contributed by atoms with Gasteiger partial charge in [0.2, 0.25) is 5.91 Å². The summed E-state index contributed by atoms with van der Waals surface area (Å²) in [6, 6.07) is 11.8. The maximum atomic E-state index is 12.4. The molecule has 0 fully saturated rings. The predicted octanol–water partition coefficient (Wildman–Crippen LogP) is 3.46. The van der Waals surface area contributed by atoms with Crippen molar-refractivity contribution in [3.8, 4) is 11.3 Å². The third-order valence-corrected chi connectivity index (χ3v) is 5.73. The second-order valence-electron chi connectivity index (χ2n) is 5.93. The summed E-state index contributed by atoms with van der Waals surface area (Å²) in [6.07, 6.45) is 0.